The smallest absolute Gasteiger partial charge is 0.125 e. The summed E-state index contributed by atoms with van der Waals surface area (Å²) in [6.45, 7) is 7.18. The number of hydrogen-bond donors (Lipinski definition) is 1. The van der Waals surface area contributed by atoms with E-state index in [9.17, 15) is 0 Å². The van der Waals surface area contributed by atoms with Gasteiger partial charge < -0.3 is 5.32 Å². The second-order valence-electron chi connectivity index (χ2n) is 4.83. The summed E-state index contributed by atoms with van der Waals surface area (Å²) in [6.07, 6.45) is 2.93. The van der Waals surface area contributed by atoms with Crippen LogP contribution in [0, 0.1) is 13.8 Å². The first kappa shape index (κ1) is 13.7. The molecule has 0 aliphatic heterocycles. The number of hydrogen-bond acceptors (Lipinski definition) is 3. The summed E-state index contributed by atoms with van der Waals surface area (Å²) in [7, 11) is 0. The Morgan fingerprint density at radius 1 is 1.11 bits per heavy atom. The van der Waals surface area contributed by atoms with Crippen LogP contribution in [-0.4, -0.2) is 16.5 Å². The third kappa shape index (κ3) is 3.61. The van der Waals surface area contributed by atoms with Gasteiger partial charge in [0.15, 0.2) is 0 Å². The summed E-state index contributed by atoms with van der Waals surface area (Å²) in [6, 6.07) is 10.7. The molecule has 0 bridgehead atoms. The number of aryl methyl sites for hydroxylation is 2. The fourth-order valence-corrected chi connectivity index (χ4v) is 2.08. The van der Waals surface area contributed by atoms with Crippen molar-refractivity contribution >= 4 is 0 Å². The van der Waals surface area contributed by atoms with Gasteiger partial charge in [0.1, 0.15) is 5.82 Å². The van der Waals surface area contributed by atoms with Crippen molar-refractivity contribution in [3.63, 3.8) is 0 Å². The Kier molecular flexibility index (Phi) is 4.63. The predicted octanol–water partition coefficient (Wildman–Crippen LogP) is 3.18. The minimum Gasteiger partial charge on any atom is -0.305 e. The molecule has 0 aliphatic carbocycles. The largest absolute Gasteiger partial charge is 0.305 e. The van der Waals surface area contributed by atoms with Crippen LogP contribution in [-0.2, 0) is 0 Å². The maximum absolute atomic E-state index is 4.55. The Balaban J connectivity index is 2.32. The van der Waals surface area contributed by atoms with E-state index in [0.29, 0.717) is 0 Å². The minimum atomic E-state index is 0.141. The molecule has 3 nitrogen and oxygen atoms in total. The van der Waals surface area contributed by atoms with Gasteiger partial charge >= 0.3 is 0 Å². The van der Waals surface area contributed by atoms with E-state index in [1.54, 1.807) is 0 Å². The van der Waals surface area contributed by atoms with Crippen LogP contribution in [0.5, 0.6) is 0 Å². The van der Waals surface area contributed by atoms with Crippen molar-refractivity contribution in [1.82, 2.24) is 15.3 Å². The summed E-state index contributed by atoms with van der Waals surface area (Å²) in [4.78, 5) is 8.72. The zero-order valence-electron chi connectivity index (χ0n) is 11.9. The Bertz CT molecular complexity index is 520. The molecule has 0 radical (unpaired) electrons. The molecule has 2 aromatic rings. The van der Waals surface area contributed by atoms with E-state index < -0.39 is 0 Å². The van der Waals surface area contributed by atoms with E-state index in [4.69, 9.17) is 0 Å². The Hall–Kier alpha value is -1.74. The number of benzene rings is 1. The van der Waals surface area contributed by atoms with Crippen molar-refractivity contribution in [1.29, 1.82) is 0 Å². The molecule has 1 aromatic carbocycles. The molecule has 1 heterocycles. The molecule has 2 rings (SSSR count). The number of rotatable bonds is 5. The van der Waals surface area contributed by atoms with Crippen molar-refractivity contribution in [3.05, 3.63) is 59.2 Å². The highest BCUT2D eigenvalue weighted by molar-refractivity contribution is 5.30. The lowest BCUT2D eigenvalue weighted by Gasteiger charge is -2.19. The fraction of sp³-hybridized carbons (Fsp3) is 0.375. The first-order valence-electron chi connectivity index (χ1n) is 6.80. The minimum absolute atomic E-state index is 0.141. The van der Waals surface area contributed by atoms with Crippen molar-refractivity contribution in [3.8, 4) is 0 Å². The van der Waals surface area contributed by atoms with Gasteiger partial charge in [0.2, 0.25) is 0 Å². The third-order valence-corrected chi connectivity index (χ3v) is 3.10. The van der Waals surface area contributed by atoms with Crippen molar-refractivity contribution in [2.24, 2.45) is 0 Å². The standard InChI is InChI=1S/C16H21N3/c1-4-10-18-16(14-7-5-12(2)6-8-14)15-9-11-17-13(3)19-15/h5-9,11,16,18H,4,10H2,1-3H3. The van der Waals surface area contributed by atoms with Crippen molar-refractivity contribution in [2.45, 2.75) is 33.2 Å². The molecule has 0 aliphatic rings. The topological polar surface area (TPSA) is 37.8 Å². The number of nitrogens with zero attached hydrogens (tertiary/aromatic N) is 2. The van der Waals surface area contributed by atoms with Gasteiger partial charge in [0.05, 0.1) is 11.7 Å². The van der Waals surface area contributed by atoms with Gasteiger partial charge in [-0.3, -0.25) is 0 Å². The normalized spacial score (nSPS) is 12.4. The van der Waals surface area contributed by atoms with Crippen molar-refractivity contribution < 1.29 is 0 Å². The zero-order valence-corrected chi connectivity index (χ0v) is 11.9. The fourth-order valence-electron chi connectivity index (χ4n) is 2.08. The highest BCUT2D eigenvalue weighted by Crippen LogP contribution is 2.20. The summed E-state index contributed by atoms with van der Waals surface area (Å²) >= 11 is 0. The molecule has 0 spiro atoms. The van der Waals surface area contributed by atoms with E-state index in [0.717, 1.165) is 24.5 Å². The lowest BCUT2D eigenvalue weighted by molar-refractivity contribution is 0.583. The number of aromatic nitrogens is 2. The Labute approximate surface area is 115 Å². The van der Waals surface area contributed by atoms with Gasteiger partial charge in [-0.1, -0.05) is 36.8 Å². The third-order valence-electron chi connectivity index (χ3n) is 3.10. The van der Waals surface area contributed by atoms with Gasteiger partial charge in [-0.05, 0) is 38.4 Å². The van der Waals surface area contributed by atoms with Gasteiger partial charge in [0.25, 0.3) is 0 Å². The van der Waals surface area contributed by atoms with E-state index in [1.165, 1.54) is 11.1 Å². The van der Waals surface area contributed by atoms with Gasteiger partial charge in [-0.2, -0.15) is 0 Å². The molecule has 0 amide bonds. The first-order chi connectivity index (χ1) is 9.20. The molecule has 0 saturated heterocycles. The molecule has 0 fully saturated rings. The molecule has 100 valence electrons. The van der Waals surface area contributed by atoms with Gasteiger partial charge in [-0.25, -0.2) is 9.97 Å². The van der Waals surface area contributed by atoms with Crippen LogP contribution in [0.1, 0.15) is 42.0 Å². The maximum Gasteiger partial charge on any atom is 0.125 e. The average Bonchev–Trinajstić information content (AvgIpc) is 2.41. The van der Waals surface area contributed by atoms with Crippen LogP contribution in [0.3, 0.4) is 0 Å². The monoisotopic (exact) mass is 255 g/mol. The quantitative estimate of drug-likeness (QED) is 0.891. The molecule has 1 N–H and O–H groups in total. The SMILES string of the molecule is CCCNC(c1ccc(C)cc1)c1ccnc(C)n1. The molecule has 3 heteroatoms. The van der Waals surface area contributed by atoms with Crippen LogP contribution >= 0.6 is 0 Å². The van der Waals surface area contributed by atoms with E-state index in [-0.39, 0.29) is 6.04 Å². The molecule has 0 saturated carbocycles. The number of nitrogens with one attached hydrogen (secondary N) is 1. The van der Waals surface area contributed by atoms with Crippen LogP contribution in [0.15, 0.2) is 36.5 Å². The van der Waals surface area contributed by atoms with Crippen LogP contribution in [0.2, 0.25) is 0 Å². The summed E-state index contributed by atoms with van der Waals surface area (Å²) in [5.41, 5.74) is 3.55. The van der Waals surface area contributed by atoms with E-state index in [2.05, 4.69) is 53.4 Å². The Morgan fingerprint density at radius 3 is 2.47 bits per heavy atom. The lowest BCUT2D eigenvalue weighted by atomic mass is 10.0. The second kappa shape index (κ2) is 6.43. The molecular weight excluding hydrogens is 234 g/mol. The summed E-state index contributed by atoms with van der Waals surface area (Å²) in [5, 5.41) is 3.56. The van der Waals surface area contributed by atoms with Crippen LogP contribution < -0.4 is 5.32 Å². The predicted molar refractivity (Wildman–Crippen MR) is 78.1 cm³/mol. The summed E-state index contributed by atoms with van der Waals surface area (Å²) < 4.78 is 0. The zero-order chi connectivity index (χ0) is 13.7. The first-order valence-corrected chi connectivity index (χ1v) is 6.80. The molecule has 1 aromatic heterocycles. The second-order valence-corrected chi connectivity index (χ2v) is 4.83. The maximum atomic E-state index is 4.55. The van der Waals surface area contributed by atoms with Crippen LogP contribution in [0.4, 0.5) is 0 Å². The van der Waals surface area contributed by atoms with Gasteiger partial charge in [0, 0.05) is 6.20 Å². The van der Waals surface area contributed by atoms with Gasteiger partial charge in [-0.15, -0.1) is 0 Å². The molecule has 1 unspecified atom stereocenters. The highest BCUT2D eigenvalue weighted by Gasteiger charge is 2.14. The van der Waals surface area contributed by atoms with E-state index in [1.807, 2.05) is 19.2 Å². The highest BCUT2D eigenvalue weighted by atomic mass is 15.0. The molecular formula is C16H21N3. The average molecular weight is 255 g/mol. The van der Waals surface area contributed by atoms with Crippen molar-refractivity contribution in [2.75, 3.05) is 6.54 Å². The summed E-state index contributed by atoms with van der Waals surface area (Å²) in [5.74, 6) is 0.813. The molecule has 19 heavy (non-hydrogen) atoms. The van der Waals surface area contributed by atoms with E-state index >= 15 is 0 Å². The van der Waals surface area contributed by atoms with Crippen LogP contribution in [0.25, 0.3) is 0 Å². The molecule has 1 atom stereocenters. The Morgan fingerprint density at radius 2 is 1.84 bits per heavy atom. The lowest BCUT2D eigenvalue weighted by Crippen LogP contribution is -2.24.